The summed E-state index contributed by atoms with van der Waals surface area (Å²) in [6, 6.07) is -0.195. The van der Waals surface area contributed by atoms with Crippen LogP contribution in [0.1, 0.15) is 27.7 Å². The minimum atomic E-state index is -0.496. The summed E-state index contributed by atoms with van der Waals surface area (Å²) in [6.45, 7) is 6.55. The lowest BCUT2D eigenvalue weighted by molar-refractivity contribution is -0.111. The van der Waals surface area contributed by atoms with Crippen LogP contribution in [0.2, 0.25) is 0 Å². The van der Waals surface area contributed by atoms with Crippen molar-refractivity contribution >= 4 is 11.5 Å². The Labute approximate surface area is 67.1 Å². The summed E-state index contributed by atoms with van der Waals surface area (Å²) in [5.74, 6) is -0.0440. The predicted molar refractivity (Wildman–Crippen MR) is 44.9 cm³/mol. The van der Waals surface area contributed by atoms with E-state index in [2.05, 4.69) is 4.99 Å². The number of aliphatic hydroxyl groups excluding tert-OH is 1. The van der Waals surface area contributed by atoms with Crippen LogP contribution in [0, 0.1) is 0 Å². The topological polar surface area (TPSA) is 49.7 Å². The maximum atomic E-state index is 10.7. The molecule has 0 aromatic heterocycles. The highest BCUT2D eigenvalue weighted by Gasteiger charge is 2.07. The molecule has 0 fully saturated rings. The Balaban J connectivity index is 4.19. The van der Waals surface area contributed by atoms with Gasteiger partial charge in [-0.25, -0.2) is 0 Å². The Morgan fingerprint density at radius 2 is 1.82 bits per heavy atom. The van der Waals surface area contributed by atoms with Gasteiger partial charge < -0.3 is 5.11 Å². The lowest BCUT2D eigenvalue weighted by Gasteiger charge is -2.09. The average molecular weight is 157 g/mol. The lowest BCUT2D eigenvalue weighted by Crippen LogP contribution is -2.20. The summed E-state index contributed by atoms with van der Waals surface area (Å²) in [4.78, 5) is 14.7. The number of nitrogens with zero attached hydrogens (tertiary/aromatic N) is 1. The van der Waals surface area contributed by atoms with E-state index in [1.54, 1.807) is 20.8 Å². The zero-order valence-electron chi connectivity index (χ0n) is 7.46. The summed E-state index contributed by atoms with van der Waals surface area (Å²) < 4.78 is 0. The molecule has 0 aromatic rings. The van der Waals surface area contributed by atoms with Crippen LogP contribution in [-0.4, -0.2) is 28.7 Å². The van der Waals surface area contributed by atoms with Crippen molar-refractivity contribution in [1.82, 2.24) is 0 Å². The summed E-state index contributed by atoms with van der Waals surface area (Å²) >= 11 is 0. The van der Waals surface area contributed by atoms with Crippen LogP contribution in [0.25, 0.3) is 0 Å². The third-order valence-electron chi connectivity index (χ3n) is 1.60. The molecule has 2 atom stereocenters. The fraction of sp³-hybridized carbons (Fsp3) is 0.750. The maximum Gasteiger partial charge on any atom is 0.173 e. The Bertz CT molecular complexity index is 173. The van der Waals surface area contributed by atoms with E-state index in [1.165, 1.54) is 6.92 Å². The van der Waals surface area contributed by atoms with Gasteiger partial charge in [0.05, 0.1) is 17.9 Å². The molecule has 0 radical (unpaired) electrons. The maximum absolute atomic E-state index is 10.7. The fourth-order valence-electron chi connectivity index (χ4n) is 0.504. The van der Waals surface area contributed by atoms with Gasteiger partial charge in [0.1, 0.15) is 0 Å². The minimum absolute atomic E-state index is 0.0440. The average Bonchev–Trinajstić information content (AvgIpc) is 1.87. The lowest BCUT2D eigenvalue weighted by atomic mass is 10.2. The van der Waals surface area contributed by atoms with E-state index in [4.69, 9.17) is 5.11 Å². The van der Waals surface area contributed by atoms with E-state index in [-0.39, 0.29) is 11.8 Å². The van der Waals surface area contributed by atoms with E-state index in [0.717, 1.165) is 0 Å². The number of aliphatic imine (C=N–C) groups is 1. The highest BCUT2D eigenvalue weighted by molar-refractivity contribution is 6.38. The molecule has 0 aliphatic heterocycles. The molecule has 0 amide bonds. The van der Waals surface area contributed by atoms with Gasteiger partial charge in [0.15, 0.2) is 5.78 Å². The Hall–Kier alpha value is -0.700. The van der Waals surface area contributed by atoms with E-state index in [1.807, 2.05) is 0 Å². The Morgan fingerprint density at radius 3 is 2.09 bits per heavy atom. The molecule has 0 heterocycles. The SMILES string of the molecule is CC(=O)C(C)=NC(C)C(C)O. The van der Waals surface area contributed by atoms with Gasteiger partial charge in [0.25, 0.3) is 0 Å². The van der Waals surface area contributed by atoms with Crippen LogP contribution in [-0.2, 0) is 4.79 Å². The molecule has 0 aliphatic rings. The van der Waals surface area contributed by atoms with Crippen molar-refractivity contribution in [2.75, 3.05) is 0 Å². The normalized spacial score (nSPS) is 17.7. The third-order valence-corrected chi connectivity index (χ3v) is 1.60. The number of carbonyl (C=O) groups is 1. The molecule has 11 heavy (non-hydrogen) atoms. The molecule has 64 valence electrons. The van der Waals surface area contributed by atoms with Crippen LogP contribution in [0.5, 0.6) is 0 Å². The first-order chi connectivity index (χ1) is 4.95. The molecule has 0 saturated carbocycles. The largest absolute Gasteiger partial charge is 0.391 e. The van der Waals surface area contributed by atoms with Crippen LogP contribution in [0.3, 0.4) is 0 Å². The first-order valence-electron chi connectivity index (χ1n) is 3.68. The molecule has 0 bridgehead atoms. The summed E-state index contributed by atoms with van der Waals surface area (Å²) in [7, 11) is 0. The number of ketones is 1. The van der Waals surface area contributed by atoms with Crippen molar-refractivity contribution < 1.29 is 9.90 Å². The van der Waals surface area contributed by atoms with Gasteiger partial charge in [0.2, 0.25) is 0 Å². The van der Waals surface area contributed by atoms with Crippen molar-refractivity contribution in [3.63, 3.8) is 0 Å². The second kappa shape index (κ2) is 4.23. The van der Waals surface area contributed by atoms with Crippen molar-refractivity contribution in [2.45, 2.75) is 39.8 Å². The number of Topliss-reactive ketones (excluding diaryl/α,β-unsaturated/α-hetero) is 1. The van der Waals surface area contributed by atoms with Gasteiger partial charge in [-0.05, 0) is 20.8 Å². The zero-order valence-corrected chi connectivity index (χ0v) is 7.46. The number of aliphatic hydroxyl groups is 1. The van der Waals surface area contributed by atoms with Crippen molar-refractivity contribution in [2.24, 2.45) is 4.99 Å². The summed E-state index contributed by atoms with van der Waals surface area (Å²) in [5.41, 5.74) is 0.471. The van der Waals surface area contributed by atoms with Gasteiger partial charge in [-0.3, -0.25) is 9.79 Å². The second-order valence-electron chi connectivity index (χ2n) is 2.75. The molecule has 1 N–H and O–H groups in total. The first-order valence-corrected chi connectivity index (χ1v) is 3.68. The zero-order chi connectivity index (χ0) is 9.02. The van der Waals surface area contributed by atoms with Gasteiger partial charge >= 0.3 is 0 Å². The van der Waals surface area contributed by atoms with E-state index < -0.39 is 6.10 Å². The van der Waals surface area contributed by atoms with Gasteiger partial charge in [0, 0.05) is 6.92 Å². The minimum Gasteiger partial charge on any atom is -0.391 e. The van der Waals surface area contributed by atoms with Crippen molar-refractivity contribution in [3.8, 4) is 0 Å². The molecule has 0 spiro atoms. The van der Waals surface area contributed by atoms with Gasteiger partial charge in [-0.1, -0.05) is 0 Å². The van der Waals surface area contributed by atoms with E-state index >= 15 is 0 Å². The monoisotopic (exact) mass is 157 g/mol. The van der Waals surface area contributed by atoms with Crippen LogP contribution >= 0.6 is 0 Å². The molecule has 0 saturated heterocycles. The van der Waals surface area contributed by atoms with Gasteiger partial charge in [-0.15, -0.1) is 0 Å². The molecule has 0 rings (SSSR count). The molecule has 2 unspecified atom stereocenters. The Morgan fingerprint density at radius 1 is 1.36 bits per heavy atom. The molecular formula is C8H15NO2. The van der Waals surface area contributed by atoms with E-state index in [9.17, 15) is 4.79 Å². The predicted octanol–water partition coefficient (Wildman–Crippen LogP) is 0.806. The highest BCUT2D eigenvalue weighted by Crippen LogP contribution is 1.97. The number of rotatable bonds is 3. The van der Waals surface area contributed by atoms with Crippen molar-refractivity contribution in [1.29, 1.82) is 0 Å². The van der Waals surface area contributed by atoms with Gasteiger partial charge in [-0.2, -0.15) is 0 Å². The Kier molecular flexibility index (Phi) is 3.97. The van der Waals surface area contributed by atoms with Crippen LogP contribution < -0.4 is 0 Å². The number of carbonyl (C=O) groups excluding carboxylic acids is 1. The molecule has 3 heteroatoms. The highest BCUT2D eigenvalue weighted by atomic mass is 16.3. The molecule has 0 aliphatic carbocycles. The fourth-order valence-corrected chi connectivity index (χ4v) is 0.504. The molecular weight excluding hydrogens is 142 g/mol. The van der Waals surface area contributed by atoms with E-state index in [0.29, 0.717) is 5.71 Å². The third kappa shape index (κ3) is 3.88. The standard InChI is InChI=1S/C8H15NO2/c1-5(7(3)10)9-6(2)8(4)11/h5,7,10H,1-4H3. The van der Waals surface area contributed by atoms with Crippen LogP contribution in [0.4, 0.5) is 0 Å². The quantitative estimate of drug-likeness (QED) is 0.616. The van der Waals surface area contributed by atoms with Crippen molar-refractivity contribution in [3.05, 3.63) is 0 Å². The smallest absolute Gasteiger partial charge is 0.173 e. The molecule has 0 aromatic carbocycles. The summed E-state index contributed by atoms with van der Waals surface area (Å²) in [5, 5.41) is 9.03. The summed E-state index contributed by atoms with van der Waals surface area (Å²) in [6.07, 6.45) is -0.496. The first kappa shape index (κ1) is 10.3. The molecule has 3 nitrogen and oxygen atoms in total. The number of hydrogen-bond donors (Lipinski definition) is 1. The number of hydrogen-bond acceptors (Lipinski definition) is 3. The van der Waals surface area contributed by atoms with Crippen LogP contribution in [0.15, 0.2) is 4.99 Å². The second-order valence-corrected chi connectivity index (χ2v) is 2.75.